The van der Waals surface area contributed by atoms with E-state index >= 15 is 0 Å². The number of hydrogen-bond donors (Lipinski definition) is 0. The first-order valence-electron chi connectivity index (χ1n) is 5.98. The summed E-state index contributed by atoms with van der Waals surface area (Å²) < 4.78 is 6.94. The fraction of sp³-hybridized carbons (Fsp3) is 0.0667. The van der Waals surface area contributed by atoms with E-state index in [1.807, 2.05) is 48.6 Å². The van der Waals surface area contributed by atoms with Gasteiger partial charge in [-0.15, -0.1) is 0 Å². The van der Waals surface area contributed by atoms with E-state index in [0.29, 0.717) is 0 Å². The summed E-state index contributed by atoms with van der Waals surface area (Å²) in [4.78, 5) is 4.23. The molecule has 0 bridgehead atoms. The zero-order chi connectivity index (χ0) is 13.1. The Bertz CT molecular complexity index is 714. The third-order valence-corrected chi connectivity index (χ3v) is 2.88. The molecule has 0 aliphatic heterocycles. The first-order chi connectivity index (χ1) is 9.36. The highest BCUT2D eigenvalue weighted by Crippen LogP contribution is 2.14. The van der Waals surface area contributed by atoms with Gasteiger partial charge >= 0.3 is 0 Å². The minimum atomic E-state index is 0.844. The zero-order valence-corrected chi connectivity index (χ0v) is 10.5. The normalized spacial score (nSPS) is 11.2. The van der Waals surface area contributed by atoms with Crippen molar-refractivity contribution in [2.45, 2.75) is 0 Å². The topological polar surface area (TPSA) is 39.4 Å². The zero-order valence-electron chi connectivity index (χ0n) is 10.5. The molecule has 3 rings (SSSR count). The Kier molecular flexibility index (Phi) is 2.98. The highest BCUT2D eigenvalue weighted by atomic mass is 16.5. The molecule has 0 atom stereocenters. The Hall–Kier alpha value is -2.62. The molecule has 4 nitrogen and oxygen atoms in total. The van der Waals surface area contributed by atoms with Crippen molar-refractivity contribution in [3.05, 3.63) is 60.0 Å². The molecule has 4 heteroatoms. The van der Waals surface area contributed by atoms with E-state index in [2.05, 4.69) is 10.1 Å². The van der Waals surface area contributed by atoms with Crippen molar-refractivity contribution in [1.29, 1.82) is 0 Å². The fourth-order valence-corrected chi connectivity index (χ4v) is 1.88. The lowest BCUT2D eigenvalue weighted by molar-refractivity contribution is 0.415. The molecule has 0 aliphatic carbocycles. The van der Waals surface area contributed by atoms with Crippen LogP contribution >= 0.6 is 0 Å². The summed E-state index contributed by atoms with van der Waals surface area (Å²) in [6.07, 6.45) is 7.58. The van der Waals surface area contributed by atoms with Gasteiger partial charge in [-0.05, 0) is 29.8 Å². The minimum Gasteiger partial charge on any atom is -0.497 e. The predicted octanol–water partition coefficient (Wildman–Crippen LogP) is 2.91. The van der Waals surface area contributed by atoms with Crippen LogP contribution in [0.3, 0.4) is 0 Å². The van der Waals surface area contributed by atoms with Gasteiger partial charge in [-0.3, -0.25) is 0 Å². The van der Waals surface area contributed by atoms with Gasteiger partial charge in [-0.25, -0.2) is 9.50 Å². The lowest BCUT2D eigenvalue weighted by Crippen LogP contribution is -1.93. The highest BCUT2D eigenvalue weighted by molar-refractivity contribution is 5.69. The van der Waals surface area contributed by atoms with Crippen molar-refractivity contribution < 1.29 is 4.74 Å². The third kappa shape index (κ3) is 2.33. The summed E-state index contributed by atoms with van der Waals surface area (Å²) in [5, 5.41) is 4.24. The summed E-state index contributed by atoms with van der Waals surface area (Å²) in [6.45, 7) is 0. The van der Waals surface area contributed by atoms with Crippen molar-refractivity contribution in [3.8, 4) is 5.75 Å². The molecule has 0 aliphatic rings. The number of benzene rings is 1. The summed E-state index contributed by atoms with van der Waals surface area (Å²) in [5.74, 6) is 0.857. The van der Waals surface area contributed by atoms with Crippen LogP contribution in [0.15, 0.2) is 48.8 Å². The van der Waals surface area contributed by atoms with E-state index in [4.69, 9.17) is 4.74 Å². The van der Waals surface area contributed by atoms with Crippen LogP contribution in [0.2, 0.25) is 0 Å². The Morgan fingerprint density at radius 1 is 1.00 bits per heavy atom. The Morgan fingerprint density at radius 2 is 1.84 bits per heavy atom. The maximum atomic E-state index is 5.13. The third-order valence-electron chi connectivity index (χ3n) is 2.88. The molecular weight excluding hydrogens is 238 g/mol. The van der Waals surface area contributed by atoms with Crippen LogP contribution in [-0.4, -0.2) is 21.7 Å². The number of fused-ring (bicyclic) bond motifs is 1. The van der Waals surface area contributed by atoms with Gasteiger partial charge < -0.3 is 4.74 Å². The second-order valence-corrected chi connectivity index (χ2v) is 4.08. The van der Waals surface area contributed by atoms with Crippen molar-refractivity contribution in [2.75, 3.05) is 7.11 Å². The quantitative estimate of drug-likeness (QED) is 0.718. The molecule has 0 radical (unpaired) electrons. The smallest absolute Gasteiger partial charge is 0.155 e. The number of nitrogens with zero attached hydrogens (tertiary/aromatic N) is 3. The van der Waals surface area contributed by atoms with Crippen LogP contribution in [0.25, 0.3) is 17.8 Å². The molecule has 0 saturated heterocycles. The van der Waals surface area contributed by atoms with Gasteiger partial charge in [0.25, 0.3) is 0 Å². The van der Waals surface area contributed by atoms with E-state index in [9.17, 15) is 0 Å². The second-order valence-electron chi connectivity index (χ2n) is 4.08. The number of aromatic nitrogens is 3. The summed E-state index contributed by atoms with van der Waals surface area (Å²) in [7, 11) is 1.66. The second kappa shape index (κ2) is 4.94. The SMILES string of the molecule is COc1ccc(C=Cc2ccnc3ccnn23)cc1. The Balaban J connectivity index is 1.91. The van der Waals surface area contributed by atoms with E-state index in [1.165, 1.54) is 0 Å². The van der Waals surface area contributed by atoms with Crippen LogP contribution < -0.4 is 4.74 Å². The molecule has 0 spiro atoms. The van der Waals surface area contributed by atoms with Gasteiger partial charge in [-0.1, -0.05) is 18.2 Å². The molecule has 0 fully saturated rings. The van der Waals surface area contributed by atoms with E-state index < -0.39 is 0 Å². The lowest BCUT2D eigenvalue weighted by Gasteiger charge is -2.00. The van der Waals surface area contributed by atoms with Gasteiger partial charge in [0, 0.05) is 12.3 Å². The van der Waals surface area contributed by atoms with E-state index in [-0.39, 0.29) is 0 Å². The molecule has 2 heterocycles. The number of methoxy groups -OCH3 is 1. The van der Waals surface area contributed by atoms with Gasteiger partial charge in [-0.2, -0.15) is 5.10 Å². The van der Waals surface area contributed by atoms with Crippen LogP contribution in [0, 0.1) is 0 Å². The molecular formula is C15H13N3O. The van der Waals surface area contributed by atoms with Crippen LogP contribution in [0.1, 0.15) is 11.3 Å². The van der Waals surface area contributed by atoms with Crippen molar-refractivity contribution in [1.82, 2.24) is 14.6 Å². The highest BCUT2D eigenvalue weighted by Gasteiger charge is 1.98. The Labute approximate surface area is 111 Å². The number of hydrogen-bond acceptors (Lipinski definition) is 3. The largest absolute Gasteiger partial charge is 0.497 e. The molecule has 0 N–H and O–H groups in total. The first-order valence-corrected chi connectivity index (χ1v) is 5.98. The number of ether oxygens (including phenoxy) is 1. The minimum absolute atomic E-state index is 0.844. The maximum absolute atomic E-state index is 5.13. The van der Waals surface area contributed by atoms with Crippen molar-refractivity contribution in [2.24, 2.45) is 0 Å². The summed E-state index contributed by atoms with van der Waals surface area (Å²) >= 11 is 0. The predicted molar refractivity (Wildman–Crippen MR) is 74.9 cm³/mol. The molecule has 0 amide bonds. The van der Waals surface area contributed by atoms with Gasteiger partial charge in [0.1, 0.15) is 5.75 Å². The average molecular weight is 251 g/mol. The van der Waals surface area contributed by atoms with E-state index in [1.54, 1.807) is 24.0 Å². The molecule has 3 aromatic rings. The molecule has 0 saturated carbocycles. The molecule has 0 unspecified atom stereocenters. The lowest BCUT2D eigenvalue weighted by atomic mass is 10.2. The summed E-state index contributed by atoms with van der Waals surface area (Å²) in [6, 6.07) is 11.7. The van der Waals surface area contributed by atoms with Crippen molar-refractivity contribution in [3.63, 3.8) is 0 Å². The monoisotopic (exact) mass is 251 g/mol. The molecule has 1 aromatic carbocycles. The number of rotatable bonds is 3. The maximum Gasteiger partial charge on any atom is 0.155 e. The van der Waals surface area contributed by atoms with Crippen LogP contribution in [0.4, 0.5) is 0 Å². The van der Waals surface area contributed by atoms with E-state index in [0.717, 1.165) is 22.7 Å². The van der Waals surface area contributed by atoms with Crippen LogP contribution in [-0.2, 0) is 0 Å². The van der Waals surface area contributed by atoms with Gasteiger partial charge in [0.15, 0.2) is 5.65 Å². The fourth-order valence-electron chi connectivity index (χ4n) is 1.88. The average Bonchev–Trinajstić information content (AvgIpc) is 2.94. The first kappa shape index (κ1) is 11.5. The van der Waals surface area contributed by atoms with Crippen LogP contribution in [0.5, 0.6) is 5.75 Å². The van der Waals surface area contributed by atoms with Gasteiger partial charge in [0.05, 0.1) is 19.0 Å². The molecule has 2 aromatic heterocycles. The Morgan fingerprint density at radius 3 is 2.63 bits per heavy atom. The van der Waals surface area contributed by atoms with Crippen molar-refractivity contribution >= 4 is 17.8 Å². The van der Waals surface area contributed by atoms with Gasteiger partial charge in [0.2, 0.25) is 0 Å². The standard InChI is InChI=1S/C15H13N3O/c1-19-14-6-3-12(4-7-14)2-5-13-8-10-16-15-9-11-17-18(13)15/h2-11H,1H3. The molecule has 94 valence electrons. The molecule has 19 heavy (non-hydrogen) atoms. The summed E-state index contributed by atoms with van der Waals surface area (Å²) in [5.41, 5.74) is 2.95.